The van der Waals surface area contributed by atoms with Gasteiger partial charge in [0, 0.05) is 29.9 Å². The highest BCUT2D eigenvalue weighted by Gasteiger charge is 2.11. The van der Waals surface area contributed by atoms with Gasteiger partial charge in [-0.25, -0.2) is 0 Å². The van der Waals surface area contributed by atoms with Crippen molar-refractivity contribution in [3.63, 3.8) is 0 Å². The summed E-state index contributed by atoms with van der Waals surface area (Å²) in [6.07, 6.45) is 0. The van der Waals surface area contributed by atoms with E-state index in [1.165, 1.54) is 12.1 Å². The molecule has 0 aliphatic heterocycles. The maximum absolute atomic E-state index is 12.4. The number of pyridine rings is 1. The van der Waals surface area contributed by atoms with Crippen LogP contribution in [-0.4, -0.2) is 9.91 Å². The Bertz CT molecular complexity index is 965. The van der Waals surface area contributed by atoms with Crippen LogP contribution in [0.25, 0.3) is 11.1 Å². The Hall–Kier alpha value is -3.41. The van der Waals surface area contributed by atoms with Gasteiger partial charge in [-0.1, -0.05) is 42.5 Å². The second kappa shape index (κ2) is 7.00. The minimum Gasteiger partial charge on any atom is -0.376 e. The minimum absolute atomic E-state index is 0.0281. The molecule has 126 valence electrons. The average Bonchev–Trinajstić information content (AvgIpc) is 2.61. The first kappa shape index (κ1) is 16.4. The lowest BCUT2D eigenvalue weighted by Crippen LogP contribution is -2.16. The van der Waals surface area contributed by atoms with Crippen LogP contribution in [0, 0.1) is 17.0 Å². The zero-order chi connectivity index (χ0) is 17.8. The lowest BCUT2D eigenvalue weighted by molar-refractivity contribution is -0.384. The van der Waals surface area contributed by atoms with Gasteiger partial charge in [-0.3, -0.25) is 14.9 Å². The lowest BCUT2D eigenvalue weighted by atomic mass is 10.0. The molecule has 0 bridgehead atoms. The standard InChI is InChI=1S/C19H17N3O3/c1-13-10-17(15-7-3-2-4-8-15)18(19(23)21-13)20-12-14-6-5-9-16(11-14)22(24)25/h2-11,20H,12H2,1H3,(H,21,23). The number of benzene rings is 2. The number of H-pyrrole nitrogens is 1. The number of hydrogen-bond donors (Lipinski definition) is 2. The molecule has 25 heavy (non-hydrogen) atoms. The molecular formula is C19H17N3O3. The van der Waals surface area contributed by atoms with Crippen molar-refractivity contribution in [2.24, 2.45) is 0 Å². The quantitative estimate of drug-likeness (QED) is 0.547. The molecule has 1 aromatic heterocycles. The fourth-order valence-corrected chi connectivity index (χ4v) is 2.68. The van der Waals surface area contributed by atoms with Crippen molar-refractivity contribution in [3.05, 3.63) is 92.4 Å². The molecule has 0 atom stereocenters. The van der Waals surface area contributed by atoms with Crippen LogP contribution in [0.1, 0.15) is 11.3 Å². The van der Waals surface area contributed by atoms with E-state index in [2.05, 4.69) is 10.3 Å². The smallest absolute Gasteiger partial charge is 0.272 e. The molecule has 3 aromatic rings. The van der Waals surface area contributed by atoms with Crippen molar-refractivity contribution in [1.29, 1.82) is 0 Å². The molecule has 0 unspecified atom stereocenters. The molecular weight excluding hydrogens is 318 g/mol. The van der Waals surface area contributed by atoms with Gasteiger partial charge in [-0.15, -0.1) is 0 Å². The van der Waals surface area contributed by atoms with Crippen LogP contribution in [0.5, 0.6) is 0 Å². The Morgan fingerprint density at radius 1 is 1.08 bits per heavy atom. The van der Waals surface area contributed by atoms with E-state index in [9.17, 15) is 14.9 Å². The zero-order valence-corrected chi connectivity index (χ0v) is 13.7. The Morgan fingerprint density at radius 2 is 1.84 bits per heavy atom. The number of aryl methyl sites for hydroxylation is 1. The Balaban J connectivity index is 1.94. The summed E-state index contributed by atoms with van der Waals surface area (Å²) in [5.41, 5.74) is 3.48. The van der Waals surface area contributed by atoms with E-state index in [1.54, 1.807) is 12.1 Å². The lowest BCUT2D eigenvalue weighted by Gasteiger charge is -2.12. The zero-order valence-electron chi connectivity index (χ0n) is 13.7. The molecule has 6 nitrogen and oxygen atoms in total. The van der Waals surface area contributed by atoms with Gasteiger partial charge in [0.1, 0.15) is 5.69 Å². The monoisotopic (exact) mass is 335 g/mol. The van der Waals surface area contributed by atoms with E-state index < -0.39 is 4.92 Å². The third-order valence-electron chi connectivity index (χ3n) is 3.84. The molecule has 2 aromatic carbocycles. The number of nitro benzene ring substituents is 1. The minimum atomic E-state index is -0.433. The molecule has 0 saturated heterocycles. The van der Waals surface area contributed by atoms with E-state index in [1.807, 2.05) is 43.3 Å². The van der Waals surface area contributed by atoms with Crippen molar-refractivity contribution in [2.45, 2.75) is 13.5 Å². The highest BCUT2D eigenvalue weighted by molar-refractivity contribution is 5.77. The molecule has 1 heterocycles. The predicted octanol–water partition coefficient (Wildman–Crippen LogP) is 3.87. The predicted molar refractivity (Wildman–Crippen MR) is 97.7 cm³/mol. The maximum atomic E-state index is 12.4. The molecule has 2 N–H and O–H groups in total. The van der Waals surface area contributed by atoms with Crippen LogP contribution in [-0.2, 0) is 6.54 Å². The van der Waals surface area contributed by atoms with Crippen LogP contribution >= 0.6 is 0 Å². The van der Waals surface area contributed by atoms with Gasteiger partial charge in [0.2, 0.25) is 0 Å². The summed E-state index contributed by atoms with van der Waals surface area (Å²) in [6.45, 7) is 2.14. The molecule has 0 saturated carbocycles. The van der Waals surface area contributed by atoms with Crippen LogP contribution in [0.2, 0.25) is 0 Å². The van der Waals surface area contributed by atoms with Crippen molar-refractivity contribution < 1.29 is 4.92 Å². The van der Waals surface area contributed by atoms with Crippen LogP contribution in [0.15, 0.2) is 65.5 Å². The summed E-state index contributed by atoms with van der Waals surface area (Å²) in [5.74, 6) is 0. The van der Waals surface area contributed by atoms with Crippen molar-refractivity contribution in [1.82, 2.24) is 4.98 Å². The van der Waals surface area contributed by atoms with Gasteiger partial charge in [0.25, 0.3) is 11.2 Å². The topological polar surface area (TPSA) is 88.0 Å². The molecule has 0 amide bonds. The number of non-ortho nitro benzene ring substituents is 1. The van der Waals surface area contributed by atoms with Crippen LogP contribution < -0.4 is 10.9 Å². The fourth-order valence-electron chi connectivity index (χ4n) is 2.68. The number of anilines is 1. The number of nitrogens with one attached hydrogen (secondary N) is 2. The fraction of sp³-hybridized carbons (Fsp3) is 0.105. The molecule has 0 aliphatic rings. The summed E-state index contributed by atoms with van der Waals surface area (Å²) < 4.78 is 0. The van der Waals surface area contributed by atoms with E-state index in [0.717, 1.165) is 22.4 Å². The number of aromatic nitrogens is 1. The molecule has 3 rings (SSSR count). The number of rotatable bonds is 5. The number of nitrogens with zero attached hydrogens (tertiary/aromatic N) is 1. The molecule has 0 radical (unpaired) electrons. The van der Waals surface area contributed by atoms with Gasteiger partial charge < -0.3 is 10.3 Å². The van der Waals surface area contributed by atoms with Gasteiger partial charge >= 0.3 is 0 Å². The second-order valence-electron chi connectivity index (χ2n) is 5.72. The van der Waals surface area contributed by atoms with E-state index in [-0.39, 0.29) is 11.2 Å². The highest BCUT2D eigenvalue weighted by atomic mass is 16.6. The Kier molecular flexibility index (Phi) is 4.61. The summed E-state index contributed by atoms with van der Waals surface area (Å²) >= 11 is 0. The van der Waals surface area contributed by atoms with Gasteiger partial charge in [-0.05, 0) is 24.1 Å². The summed E-state index contributed by atoms with van der Waals surface area (Å²) in [7, 11) is 0. The molecule has 0 spiro atoms. The molecule has 0 fully saturated rings. The summed E-state index contributed by atoms with van der Waals surface area (Å²) in [6, 6.07) is 17.9. The summed E-state index contributed by atoms with van der Waals surface area (Å²) in [4.78, 5) is 25.6. The van der Waals surface area contributed by atoms with Crippen molar-refractivity contribution in [3.8, 4) is 11.1 Å². The first-order valence-electron chi connectivity index (χ1n) is 7.81. The second-order valence-corrected chi connectivity index (χ2v) is 5.72. The Morgan fingerprint density at radius 3 is 2.56 bits per heavy atom. The molecule has 0 aliphatic carbocycles. The van der Waals surface area contributed by atoms with Gasteiger partial charge in [0.15, 0.2) is 0 Å². The third-order valence-corrected chi connectivity index (χ3v) is 3.84. The van der Waals surface area contributed by atoms with Gasteiger partial charge in [0.05, 0.1) is 4.92 Å². The number of aromatic amines is 1. The van der Waals surface area contributed by atoms with Crippen molar-refractivity contribution in [2.75, 3.05) is 5.32 Å². The van der Waals surface area contributed by atoms with E-state index >= 15 is 0 Å². The maximum Gasteiger partial charge on any atom is 0.272 e. The number of hydrogen-bond acceptors (Lipinski definition) is 4. The van der Waals surface area contributed by atoms with Crippen LogP contribution in [0.3, 0.4) is 0 Å². The first-order valence-corrected chi connectivity index (χ1v) is 7.81. The van der Waals surface area contributed by atoms with Crippen LogP contribution in [0.4, 0.5) is 11.4 Å². The highest BCUT2D eigenvalue weighted by Crippen LogP contribution is 2.26. The molecule has 6 heteroatoms. The first-order chi connectivity index (χ1) is 12.0. The Labute approximate surface area is 144 Å². The van der Waals surface area contributed by atoms with Gasteiger partial charge in [-0.2, -0.15) is 0 Å². The third kappa shape index (κ3) is 3.74. The average molecular weight is 335 g/mol. The normalized spacial score (nSPS) is 10.4. The largest absolute Gasteiger partial charge is 0.376 e. The van der Waals surface area contributed by atoms with Crippen molar-refractivity contribution >= 4 is 11.4 Å². The van der Waals surface area contributed by atoms with E-state index in [4.69, 9.17) is 0 Å². The summed E-state index contributed by atoms with van der Waals surface area (Å²) in [5, 5.41) is 14.0. The van der Waals surface area contributed by atoms with E-state index in [0.29, 0.717) is 12.2 Å². The number of nitro groups is 1. The SMILES string of the molecule is Cc1cc(-c2ccccc2)c(NCc2cccc([N+](=O)[O-])c2)c(=O)[nH]1.